The molecule has 0 aliphatic heterocycles. The monoisotopic (exact) mass is 398 g/mol. The van der Waals surface area contributed by atoms with Gasteiger partial charge in [-0.25, -0.2) is 0 Å². The number of alkyl halides is 4. The fourth-order valence-electron chi connectivity index (χ4n) is 7.95. The Balaban J connectivity index is 1.85. The Bertz CT molecular complexity index is 687. The van der Waals surface area contributed by atoms with Crippen LogP contribution in [0.1, 0.15) is 0 Å². The van der Waals surface area contributed by atoms with Crippen molar-refractivity contribution >= 4 is 46.4 Å². The third-order valence-corrected chi connectivity index (χ3v) is 11.6. The molecule has 10 unspecified atom stereocenters. The van der Waals surface area contributed by atoms with Crippen LogP contribution in [0.25, 0.3) is 0 Å². The Morgan fingerprint density at radius 1 is 0.696 bits per heavy atom. The lowest BCUT2D eigenvalue weighted by Gasteiger charge is -2.64. The van der Waals surface area contributed by atoms with Crippen LogP contribution in [-0.2, 0) is 9.47 Å². The zero-order chi connectivity index (χ0) is 16.6. The molecule has 0 aromatic heterocycles. The van der Waals surface area contributed by atoms with E-state index in [2.05, 4.69) is 0 Å². The molecule has 5 fully saturated rings. The summed E-state index contributed by atoms with van der Waals surface area (Å²) in [5.74, 6) is -3.68. The van der Waals surface area contributed by atoms with Gasteiger partial charge in [-0.3, -0.25) is 0 Å². The highest BCUT2D eigenvalue weighted by atomic mass is 35.5. The molecule has 2 N–H and O–H groups in total. The summed E-state index contributed by atoms with van der Waals surface area (Å²) in [6, 6.07) is 0. The van der Waals surface area contributed by atoms with E-state index in [0.29, 0.717) is 0 Å². The standard InChI is InChI=1S/C15H14Cl4O4/c1-22-15(23-2)13(18)7-8-10(21)4-3-9(7,20)5-6(10)12(17,11(5,13)16)14(8,15)19/h3-8,20-21H,1-2H3. The van der Waals surface area contributed by atoms with Crippen LogP contribution in [-0.4, -0.2) is 60.9 Å². The van der Waals surface area contributed by atoms with Crippen molar-refractivity contribution in [1.29, 1.82) is 0 Å². The summed E-state index contributed by atoms with van der Waals surface area (Å²) >= 11 is 28.4. The van der Waals surface area contributed by atoms with Gasteiger partial charge in [0.05, 0.1) is 21.0 Å². The van der Waals surface area contributed by atoms with Gasteiger partial charge in [0, 0.05) is 37.9 Å². The van der Waals surface area contributed by atoms with Crippen LogP contribution in [0.3, 0.4) is 0 Å². The second kappa shape index (κ2) is 3.11. The van der Waals surface area contributed by atoms with Gasteiger partial charge in [0.25, 0.3) is 0 Å². The molecule has 0 saturated heterocycles. The predicted octanol–water partition coefficient (Wildman–Crippen LogP) is 1.45. The van der Waals surface area contributed by atoms with E-state index in [1.807, 2.05) is 0 Å². The molecule has 23 heavy (non-hydrogen) atoms. The van der Waals surface area contributed by atoms with E-state index in [0.717, 1.165) is 0 Å². The summed E-state index contributed by atoms with van der Waals surface area (Å²) in [6.07, 6.45) is 3.24. The van der Waals surface area contributed by atoms with Crippen molar-refractivity contribution in [3.05, 3.63) is 12.2 Å². The van der Waals surface area contributed by atoms with Gasteiger partial charge in [0.2, 0.25) is 5.79 Å². The fourth-order valence-corrected chi connectivity index (χ4v) is 11.5. The van der Waals surface area contributed by atoms with E-state index in [1.54, 1.807) is 12.2 Å². The van der Waals surface area contributed by atoms with E-state index in [4.69, 9.17) is 55.9 Å². The maximum absolute atomic E-state index is 11.4. The van der Waals surface area contributed by atoms with Crippen LogP contribution in [0.15, 0.2) is 12.2 Å². The number of hydrogen-bond donors (Lipinski definition) is 2. The number of rotatable bonds is 2. The molecular weight excluding hydrogens is 386 g/mol. The van der Waals surface area contributed by atoms with Crippen LogP contribution >= 0.6 is 46.4 Å². The van der Waals surface area contributed by atoms with Crippen molar-refractivity contribution in [3.8, 4) is 0 Å². The Morgan fingerprint density at radius 3 is 1.30 bits per heavy atom. The highest BCUT2D eigenvalue weighted by Crippen LogP contribution is 3.01. The third kappa shape index (κ3) is 0.743. The third-order valence-electron chi connectivity index (χ3n) is 8.11. The first kappa shape index (κ1) is 14.9. The molecule has 0 spiro atoms. The van der Waals surface area contributed by atoms with Gasteiger partial charge in [-0.2, -0.15) is 0 Å². The van der Waals surface area contributed by atoms with Crippen molar-refractivity contribution < 1.29 is 19.7 Å². The number of aliphatic hydroxyl groups is 2. The largest absolute Gasteiger partial charge is 0.385 e. The van der Waals surface area contributed by atoms with Gasteiger partial charge >= 0.3 is 0 Å². The normalized spacial score (nSPS) is 76.5. The maximum Gasteiger partial charge on any atom is 0.211 e. The summed E-state index contributed by atoms with van der Waals surface area (Å²) in [5, 5.41) is 22.8. The molecule has 0 aromatic rings. The molecule has 7 aliphatic carbocycles. The summed E-state index contributed by atoms with van der Waals surface area (Å²) in [7, 11) is 2.90. The Hall–Kier alpha value is 0.740. The molecule has 0 heterocycles. The lowest BCUT2D eigenvalue weighted by Crippen LogP contribution is -2.77. The summed E-state index contributed by atoms with van der Waals surface area (Å²) < 4.78 is 11.5. The first-order chi connectivity index (χ1) is 10.6. The highest BCUT2D eigenvalue weighted by Gasteiger charge is 3.15. The second-order valence-corrected chi connectivity index (χ2v) is 10.3. The molecule has 0 aromatic carbocycles. The fraction of sp³-hybridized carbons (Fsp3) is 0.867. The quantitative estimate of drug-likeness (QED) is 0.419. The molecule has 7 aliphatic rings. The van der Waals surface area contributed by atoms with E-state index in [9.17, 15) is 10.2 Å². The molecular formula is C15H14Cl4O4. The van der Waals surface area contributed by atoms with Crippen LogP contribution in [0.4, 0.5) is 0 Å². The Kier molecular flexibility index (Phi) is 2.01. The lowest BCUT2D eigenvalue weighted by atomic mass is 9.48. The minimum Gasteiger partial charge on any atom is -0.385 e. The summed E-state index contributed by atoms with van der Waals surface area (Å²) in [6.45, 7) is 0. The van der Waals surface area contributed by atoms with Crippen molar-refractivity contribution in [3.63, 3.8) is 0 Å². The predicted molar refractivity (Wildman–Crippen MR) is 84.1 cm³/mol. The van der Waals surface area contributed by atoms with Crippen LogP contribution in [0, 0.1) is 23.7 Å². The van der Waals surface area contributed by atoms with Gasteiger partial charge in [0.1, 0.15) is 9.75 Å². The number of halogens is 4. The average Bonchev–Trinajstić information content (AvgIpc) is 2.81. The van der Waals surface area contributed by atoms with Crippen molar-refractivity contribution in [2.75, 3.05) is 14.2 Å². The first-order valence-electron chi connectivity index (χ1n) is 7.56. The molecule has 10 atom stereocenters. The first-order valence-corrected chi connectivity index (χ1v) is 9.08. The number of hydrogen-bond acceptors (Lipinski definition) is 4. The van der Waals surface area contributed by atoms with Gasteiger partial charge < -0.3 is 19.7 Å². The molecule has 8 heteroatoms. The number of ether oxygens (including phenoxy) is 2. The molecule has 4 nitrogen and oxygen atoms in total. The number of methoxy groups -OCH3 is 2. The van der Waals surface area contributed by atoms with Crippen LogP contribution in [0.5, 0.6) is 0 Å². The van der Waals surface area contributed by atoms with Crippen molar-refractivity contribution in [2.45, 2.75) is 36.5 Å². The molecule has 126 valence electrons. The smallest absolute Gasteiger partial charge is 0.211 e. The van der Waals surface area contributed by atoms with E-state index < -0.39 is 60.2 Å². The van der Waals surface area contributed by atoms with E-state index in [-0.39, 0.29) is 0 Å². The van der Waals surface area contributed by atoms with Gasteiger partial charge in [-0.15, -0.1) is 46.4 Å². The van der Waals surface area contributed by atoms with E-state index >= 15 is 0 Å². The molecule has 7 rings (SSSR count). The minimum absolute atomic E-state index is 0.490. The average molecular weight is 400 g/mol. The Morgan fingerprint density at radius 2 is 1.00 bits per heavy atom. The zero-order valence-corrected chi connectivity index (χ0v) is 15.2. The van der Waals surface area contributed by atoms with Crippen molar-refractivity contribution in [2.24, 2.45) is 23.7 Å². The van der Waals surface area contributed by atoms with Crippen LogP contribution in [0.2, 0.25) is 0 Å². The maximum atomic E-state index is 11.4. The van der Waals surface area contributed by atoms with Gasteiger partial charge in [0.15, 0.2) is 0 Å². The van der Waals surface area contributed by atoms with Gasteiger partial charge in [-0.1, -0.05) is 12.2 Å². The molecule has 0 amide bonds. The molecule has 0 radical (unpaired) electrons. The summed E-state index contributed by atoms with van der Waals surface area (Å²) in [4.78, 5) is -5.14. The van der Waals surface area contributed by atoms with Gasteiger partial charge in [-0.05, 0) is 0 Å². The molecule has 4 bridgehead atoms. The van der Waals surface area contributed by atoms with E-state index in [1.165, 1.54) is 14.2 Å². The van der Waals surface area contributed by atoms with Crippen molar-refractivity contribution in [1.82, 2.24) is 0 Å². The summed E-state index contributed by atoms with van der Waals surface area (Å²) in [5.41, 5.74) is -2.53. The molecule has 5 saturated carbocycles. The minimum atomic E-state index is -1.50. The SMILES string of the molecule is COC1(OC)C2(Cl)C3C4C5(O)C=CC3(O)C3C5C(Cl)(C41Cl)C32Cl. The van der Waals surface area contributed by atoms with Crippen LogP contribution < -0.4 is 0 Å². The highest BCUT2D eigenvalue weighted by molar-refractivity contribution is 6.51. The zero-order valence-electron chi connectivity index (χ0n) is 12.2. The lowest BCUT2D eigenvalue weighted by molar-refractivity contribution is -0.225. The second-order valence-electron chi connectivity index (χ2n) is 7.89. The Labute approximate surface area is 152 Å². The topological polar surface area (TPSA) is 58.9 Å².